The van der Waals surface area contributed by atoms with E-state index >= 15 is 0 Å². The van der Waals surface area contributed by atoms with Gasteiger partial charge in [0.2, 0.25) is 0 Å². The Hall–Kier alpha value is -1.26. The highest BCUT2D eigenvalue weighted by Crippen LogP contribution is 2.65. The average molecular weight is 344 g/mol. The fourth-order valence-corrected chi connectivity index (χ4v) is 6.73. The lowest BCUT2D eigenvalue weighted by atomic mass is 9.47. The normalized spacial score (nSPS) is 48.4. The molecule has 0 amide bonds. The Balaban J connectivity index is 1.77. The summed E-state index contributed by atoms with van der Waals surface area (Å²) >= 11 is 0. The molecule has 0 unspecified atom stereocenters. The Morgan fingerprint density at radius 3 is 2.80 bits per heavy atom. The molecule has 0 radical (unpaired) electrons. The van der Waals surface area contributed by atoms with Crippen molar-refractivity contribution in [2.24, 2.45) is 28.6 Å². The number of aliphatic hydroxyl groups excluding tert-OH is 1. The average Bonchev–Trinajstić information content (AvgIpc) is 2.85. The van der Waals surface area contributed by atoms with Gasteiger partial charge < -0.3 is 10.2 Å². The number of Topliss-reactive ketones (excluding diaryl/α,β-unsaturated/α-hetero) is 2. The first-order chi connectivity index (χ1) is 11.8. The Labute approximate surface area is 149 Å². The largest absolute Gasteiger partial charge is 0.388 e. The van der Waals surface area contributed by atoms with Crippen LogP contribution >= 0.6 is 0 Å². The highest BCUT2D eigenvalue weighted by atomic mass is 16.3. The monoisotopic (exact) mass is 344 g/mol. The van der Waals surface area contributed by atoms with Crippen LogP contribution in [0.5, 0.6) is 0 Å². The van der Waals surface area contributed by atoms with E-state index in [1.807, 2.05) is 6.92 Å². The molecule has 0 heterocycles. The fourth-order valence-electron chi connectivity index (χ4n) is 6.73. The minimum atomic E-state index is -1.57. The van der Waals surface area contributed by atoms with E-state index in [-0.39, 0.29) is 35.4 Å². The van der Waals surface area contributed by atoms with Crippen LogP contribution in [0.1, 0.15) is 52.4 Å². The Morgan fingerprint density at radius 1 is 1.32 bits per heavy atom. The molecule has 0 saturated heterocycles. The van der Waals surface area contributed by atoms with Gasteiger partial charge in [-0.1, -0.05) is 32.1 Å². The van der Waals surface area contributed by atoms with Crippen LogP contribution in [0.2, 0.25) is 0 Å². The van der Waals surface area contributed by atoms with E-state index in [2.05, 4.69) is 25.2 Å². The van der Waals surface area contributed by atoms with Gasteiger partial charge in [-0.05, 0) is 49.5 Å². The van der Waals surface area contributed by atoms with E-state index in [0.717, 1.165) is 25.7 Å². The smallest absolute Gasteiger partial charge is 0.190 e. The van der Waals surface area contributed by atoms with Crippen molar-refractivity contribution in [3.63, 3.8) is 0 Å². The molecule has 0 aromatic heterocycles. The third-order valence-corrected chi connectivity index (χ3v) is 8.10. The molecule has 4 heteroatoms. The molecule has 0 aliphatic heterocycles. The zero-order valence-corrected chi connectivity index (χ0v) is 15.1. The molecule has 2 N–H and O–H groups in total. The van der Waals surface area contributed by atoms with Gasteiger partial charge in [-0.25, -0.2) is 0 Å². The molecule has 2 fully saturated rings. The van der Waals surface area contributed by atoms with E-state index in [4.69, 9.17) is 0 Å². The molecule has 4 aliphatic carbocycles. The number of hydrogen-bond donors (Lipinski definition) is 2. The first kappa shape index (κ1) is 17.2. The molecule has 136 valence electrons. The summed E-state index contributed by atoms with van der Waals surface area (Å²) in [5.74, 6) is -0.00818. The fraction of sp³-hybridized carbons (Fsp3) is 0.714. The number of allylic oxidation sites excluding steroid dienone is 4. The third kappa shape index (κ3) is 2.01. The number of rotatable bonds is 2. The molecule has 4 rings (SSSR count). The van der Waals surface area contributed by atoms with Gasteiger partial charge in [-0.2, -0.15) is 0 Å². The summed E-state index contributed by atoms with van der Waals surface area (Å²) in [5, 5.41) is 20.5. The summed E-state index contributed by atoms with van der Waals surface area (Å²) < 4.78 is 0. The second-order valence-electron chi connectivity index (χ2n) is 9.04. The van der Waals surface area contributed by atoms with E-state index in [1.54, 1.807) is 0 Å². The molecular formula is C21H28O4. The van der Waals surface area contributed by atoms with Crippen molar-refractivity contribution >= 4 is 11.6 Å². The van der Waals surface area contributed by atoms with Crippen molar-refractivity contribution in [2.45, 2.75) is 58.0 Å². The molecule has 25 heavy (non-hydrogen) atoms. The van der Waals surface area contributed by atoms with Gasteiger partial charge in [0.05, 0.1) is 0 Å². The predicted octanol–water partition coefficient (Wildman–Crippen LogP) is 2.59. The lowest BCUT2D eigenvalue weighted by Crippen LogP contribution is -2.60. The quantitative estimate of drug-likeness (QED) is 0.807. The van der Waals surface area contributed by atoms with Crippen molar-refractivity contribution in [2.75, 3.05) is 6.61 Å². The molecule has 0 aromatic carbocycles. The number of carbonyl (C=O) groups is 2. The molecular weight excluding hydrogens is 316 g/mol. The molecule has 4 aliphatic rings. The van der Waals surface area contributed by atoms with Crippen LogP contribution in [0.15, 0.2) is 23.8 Å². The van der Waals surface area contributed by atoms with Crippen molar-refractivity contribution in [1.29, 1.82) is 0 Å². The molecule has 0 aromatic rings. The van der Waals surface area contributed by atoms with E-state index in [9.17, 15) is 19.8 Å². The first-order valence-electron chi connectivity index (χ1n) is 9.54. The maximum absolute atomic E-state index is 13.3. The topological polar surface area (TPSA) is 74.6 Å². The van der Waals surface area contributed by atoms with Gasteiger partial charge in [-0.3, -0.25) is 9.59 Å². The Bertz CT molecular complexity index is 692. The van der Waals surface area contributed by atoms with Crippen LogP contribution in [0.3, 0.4) is 0 Å². The van der Waals surface area contributed by atoms with Gasteiger partial charge in [0.15, 0.2) is 5.78 Å². The second kappa shape index (κ2) is 5.37. The summed E-state index contributed by atoms with van der Waals surface area (Å²) in [5.41, 5.74) is -1.14. The molecule has 4 nitrogen and oxygen atoms in total. The minimum Gasteiger partial charge on any atom is -0.388 e. The SMILES string of the molecule is C[C@]12CCC=CC1=CC[C@@H]1[C@@H]2C(=O)C[C@@]2(C)[C@H]1CC[C@]2(O)C(=O)CO. The van der Waals surface area contributed by atoms with Crippen LogP contribution in [0, 0.1) is 28.6 Å². The lowest BCUT2D eigenvalue weighted by molar-refractivity contribution is -0.168. The van der Waals surface area contributed by atoms with Gasteiger partial charge in [0.25, 0.3) is 0 Å². The van der Waals surface area contributed by atoms with Crippen molar-refractivity contribution in [3.05, 3.63) is 23.8 Å². The van der Waals surface area contributed by atoms with Crippen LogP contribution < -0.4 is 0 Å². The highest BCUT2D eigenvalue weighted by Gasteiger charge is 2.67. The minimum absolute atomic E-state index is 0.0119. The van der Waals surface area contributed by atoms with Crippen LogP contribution in [-0.2, 0) is 9.59 Å². The Kier molecular flexibility index (Phi) is 3.69. The maximum Gasteiger partial charge on any atom is 0.190 e. The number of ketones is 2. The predicted molar refractivity (Wildman–Crippen MR) is 93.7 cm³/mol. The summed E-state index contributed by atoms with van der Waals surface area (Å²) in [6.07, 6.45) is 10.8. The maximum atomic E-state index is 13.3. The van der Waals surface area contributed by atoms with Gasteiger partial charge >= 0.3 is 0 Å². The van der Waals surface area contributed by atoms with E-state index in [1.165, 1.54) is 5.57 Å². The summed E-state index contributed by atoms with van der Waals surface area (Å²) in [6, 6.07) is 0. The zero-order valence-electron chi connectivity index (χ0n) is 15.1. The van der Waals surface area contributed by atoms with E-state index < -0.39 is 23.4 Å². The summed E-state index contributed by atoms with van der Waals surface area (Å²) in [7, 11) is 0. The summed E-state index contributed by atoms with van der Waals surface area (Å²) in [6.45, 7) is 3.46. The highest BCUT2D eigenvalue weighted by molar-refractivity contribution is 5.92. The number of carbonyl (C=O) groups excluding carboxylic acids is 2. The van der Waals surface area contributed by atoms with Crippen LogP contribution in [-0.4, -0.2) is 34.0 Å². The standard InChI is InChI=1S/C21H28O4/c1-19-9-4-3-5-13(19)6-7-14-15-8-10-21(25,17(24)12-22)20(15,2)11-16(23)18(14)19/h3,5-6,14-15,18,22,25H,4,7-12H2,1-2H3/t14-,15-,18+,19-,20-,21-/m0/s1. The van der Waals surface area contributed by atoms with Crippen LogP contribution in [0.4, 0.5) is 0 Å². The van der Waals surface area contributed by atoms with Gasteiger partial charge in [0, 0.05) is 23.2 Å². The zero-order chi connectivity index (χ0) is 18.0. The van der Waals surface area contributed by atoms with E-state index in [0.29, 0.717) is 6.42 Å². The van der Waals surface area contributed by atoms with Crippen molar-refractivity contribution < 1.29 is 19.8 Å². The molecule has 0 bridgehead atoms. The molecule has 2 saturated carbocycles. The third-order valence-electron chi connectivity index (χ3n) is 8.10. The number of aliphatic hydroxyl groups is 2. The van der Waals surface area contributed by atoms with Crippen LogP contribution in [0.25, 0.3) is 0 Å². The first-order valence-corrected chi connectivity index (χ1v) is 9.54. The molecule has 0 spiro atoms. The summed E-state index contributed by atoms with van der Waals surface area (Å²) in [4.78, 5) is 25.6. The Morgan fingerprint density at radius 2 is 2.08 bits per heavy atom. The van der Waals surface area contributed by atoms with Gasteiger partial charge in [0.1, 0.15) is 18.0 Å². The van der Waals surface area contributed by atoms with Crippen molar-refractivity contribution in [1.82, 2.24) is 0 Å². The number of hydrogen-bond acceptors (Lipinski definition) is 4. The van der Waals surface area contributed by atoms with Crippen molar-refractivity contribution in [3.8, 4) is 0 Å². The number of fused-ring (bicyclic) bond motifs is 5. The second-order valence-corrected chi connectivity index (χ2v) is 9.04. The lowest BCUT2D eigenvalue weighted by Gasteiger charge is -2.56. The molecule has 6 atom stereocenters. The van der Waals surface area contributed by atoms with Gasteiger partial charge in [-0.15, -0.1) is 0 Å².